The Morgan fingerprint density at radius 2 is 1.93 bits per heavy atom. The van der Waals surface area contributed by atoms with E-state index in [9.17, 15) is 4.79 Å². The number of hydrogen-bond acceptors (Lipinski definition) is 1. The molecule has 0 bridgehead atoms. The van der Waals surface area contributed by atoms with E-state index in [0.29, 0.717) is 0 Å². The third kappa shape index (κ3) is 1.67. The first-order chi connectivity index (χ1) is 7.24. The minimum Gasteiger partial charge on any atom is -0.344 e. The Balaban J connectivity index is 2.48. The summed E-state index contributed by atoms with van der Waals surface area (Å²) in [6.45, 7) is 4.03. The van der Waals surface area contributed by atoms with E-state index in [0.717, 1.165) is 6.29 Å². The van der Waals surface area contributed by atoms with Gasteiger partial charge in [0.1, 0.15) is 6.29 Å². The summed E-state index contributed by atoms with van der Waals surface area (Å²) in [7, 11) is 0. The molecule has 0 N–H and O–H groups in total. The second-order valence-corrected chi connectivity index (χ2v) is 4.02. The lowest BCUT2D eigenvalue weighted by Crippen LogP contribution is -2.13. The van der Waals surface area contributed by atoms with Gasteiger partial charge in [-0.3, -0.25) is 0 Å². The summed E-state index contributed by atoms with van der Waals surface area (Å²) in [5.41, 5.74) is 1.19. The Bertz CT molecular complexity index is 472. The summed E-state index contributed by atoms with van der Waals surface area (Å²) in [6, 6.07) is 10.5. The molecule has 0 amide bonds. The van der Waals surface area contributed by atoms with E-state index in [4.69, 9.17) is 0 Å². The highest BCUT2D eigenvalue weighted by atomic mass is 16.1. The normalized spacial score (nSPS) is 15.1. The minimum atomic E-state index is 0.0424. The van der Waals surface area contributed by atoms with Crippen molar-refractivity contribution in [3.8, 4) is 0 Å². The number of para-hydroxylation sites is 1. The van der Waals surface area contributed by atoms with Gasteiger partial charge >= 0.3 is 0 Å². The van der Waals surface area contributed by atoms with Crippen LogP contribution < -0.4 is 0 Å². The van der Waals surface area contributed by atoms with Crippen LogP contribution in [0.15, 0.2) is 36.5 Å². The highest BCUT2D eigenvalue weighted by molar-refractivity contribution is 5.80. The molecular formula is C13H15NO. The summed E-state index contributed by atoms with van der Waals surface area (Å²) in [4.78, 5) is 10.8. The Labute approximate surface area is 89.5 Å². The van der Waals surface area contributed by atoms with E-state index in [2.05, 4.69) is 35.9 Å². The number of fused-ring (bicyclic) bond motifs is 1. The maximum absolute atomic E-state index is 10.8. The highest BCUT2D eigenvalue weighted by Crippen LogP contribution is 2.23. The van der Waals surface area contributed by atoms with Crippen LogP contribution in [0.5, 0.6) is 0 Å². The second kappa shape index (κ2) is 3.89. The lowest BCUT2D eigenvalue weighted by Gasteiger charge is -2.17. The van der Waals surface area contributed by atoms with Crippen LogP contribution in [-0.4, -0.2) is 10.9 Å². The minimum absolute atomic E-state index is 0.0424. The van der Waals surface area contributed by atoms with Crippen molar-refractivity contribution in [2.45, 2.75) is 19.9 Å². The molecule has 2 unspecified atom stereocenters. The zero-order valence-corrected chi connectivity index (χ0v) is 9.05. The standard InChI is InChI=1S/C13H15NO/c1-10(9-15)11(2)14-8-7-12-5-3-4-6-13(12)14/h3-11H,1-2H3. The molecule has 0 fully saturated rings. The molecule has 0 aliphatic carbocycles. The van der Waals surface area contributed by atoms with Crippen molar-refractivity contribution in [2.75, 3.05) is 0 Å². The first-order valence-electron chi connectivity index (χ1n) is 5.25. The maximum Gasteiger partial charge on any atom is 0.124 e. The molecule has 2 rings (SSSR count). The van der Waals surface area contributed by atoms with Gasteiger partial charge in [-0.25, -0.2) is 0 Å². The molecule has 0 aliphatic heterocycles. The molecule has 1 heterocycles. The van der Waals surface area contributed by atoms with Gasteiger partial charge in [-0.1, -0.05) is 25.1 Å². The molecule has 0 aliphatic rings. The van der Waals surface area contributed by atoms with E-state index >= 15 is 0 Å². The molecule has 0 saturated heterocycles. The van der Waals surface area contributed by atoms with Gasteiger partial charge in [-0.2, -0.15) is 0 Å². The van der Waals surface area contributed by atoms with Crippen LogP contribution in [0.3, 0.4) is 0 Å². The predicted octanol–water partition coefficient (Wildman–Crippen LogP) is 3.04. The maximum atomic E-state index is 10.8. The van der Waals surface area contributed by atoms with Gasteiger partial charge in [0.05, 0.1) is 0 Å². The quantitative estimate of drug-likeness (QED) is 0.699. The highest BCUT2D eigenvalue weighted by Gasteiger charge is 2.14. The predicted molar refractivity (Wildman–Crippen MR) is 61.9 cm³/mol. The molecule has 2 atom stereocenters. The smallest absolute Gasteiger partial charge is 0.124 e. The summed E-state index contributed by atoms with van der Waals surface area (Å²) in [5, 5.41) is 1.22. The van der Waals surface area contributed by atoms with Crippen LogP contribution >= 0.6 is 0 Å². The first-order valence-corrected chi connectivity index (χ1v) is 5.25. The molecular weight excluding hydrogens is 186 g/mol. The van der Waals surface area contributed by atoms with Gasteiger partial charge in [-0.15, -0.1) is 0 Å². The molecule has 0 saturated carbocycles. The molecule has 1 aromatic carbocycles. The molecule has 0 radical (unpaired) electrons. The van der Waals surface area contributed by atoms with Gasteiger partial charge in [-0.05, 0) is 24.4 Å². The molecule has 2 aromatic rings. The summed E-state index contributed by atoms with van der Waals surface area (Å²) >= 11 is 0. The summed E-state index contributed by atoms with van der Waals surface area (Å²) in [6.07, 6.45) is 3.06. The Hall–Kier alpha value is -1.57. The Morgan fingerprint density at radius 3 is 2.67 bits per heavy atom. The molecule has 78 valence electrons. The van der Waals surface area contributed by atoms with Crippen LogP contribution in [0.1, 0.15) is 19.9 Å². The number of benzene rings is 1. The number of rotatable bonds is 3. The van der Waals surface area contributed by atoms with Crippen LogP contribution in [0, 0.1) is 5.92 Å². The van der Waals surface area contributed by atoms with Gasteiger partial charge in [0.15, 0.2) is 0 Å². The third-order valence-electron chi connectivity index (χ3n) is 3.04. The fourth-order valence-corrected chi connectivity index (χ4v) is 1.83. The SMILES string of the molecule is CC(C=O)C(C)n1ccc2ccccc21. The monoisotopic (exact) mass is 201 g/mol. The summed E-state index contributed by atoms with van der Waals surface area (Å²) in [5.74, 6) is 0.0424. The number of hydrogen-bond donors (Lipinski definition) is 0. The van der Waals surface area contributed by atoms with E-state index in [1.54, 1.807) is 0 Å². The van der Waals surface area contributed by atoms with E-state index in [1.165, 1.54) is 10.9 Å². The van der Waals surface area contributed by atoms with Gasteiger partial charge < -0.3 is 9.36 Å². The van der Waals surface area contributed by atoms with Gasteiger partial charge in [0, 0.05) is 23.7 Å². The zero-order valence-electron chi connectivity index (χ0n) is 9.05. The van der Waals surface area contributed by atoms with Crippen molar-refractivity contribution in [1.82, 2.24) is 4.57 Å². The van der Waals surface area contributed by atoms with Crippen molar-refractivity contribution in [2.24, 2.45) is 5.92 Å². The van der Waals surface area contributed by atoms with E-state index in [1.807, 2.05) is 19.1 Å². The van der Waals surface area contributed by atoms with Crippen LogP contribution in [0.2, 0.25) is 0 Å². The van der Waals surface area contributed by atoms with E-state index in [-0.39, 0.29) is 12.0 Å². The number of aldehydes is 1. The third-order valence-corrected chi connectivity index (χ3v) is 3.04. The van der Waals surface area contributed by atoms with Crippen LogP contribution in [0.4, 0.5) is 0 Å². The second-order valence-electron chi connectivity index (χ2n) is 4.02. The first kappa shape index (κ1) is 9.97. The molecule has 2 heteroatoms. The molecule has 15 heavy (non-hydrogen) atoms. The van der Waals surface area contributed by atoms with Gasteiger partial charge in [0.25, 0.3) is 0 Å². The largest absolute Gasteiger partial charge is 0.344 e. The van der Waals surface area contributed by atoms with Crippen LogP contribution in [0.25, 0.3) is 10.9 Å². The average molecular weight is 201 g/mol. The van der Waals surface area contributed by atoms with Crippen molar-refractivity contribution < 1.29 is 4.79 Å². The van der Waals surface area contributed by atoms with Crippen molar-refractivity contribution in [1.29, 1.82) is 0 Å². The fraction of sp³-hybridized carbons (Fsp3) is 0.308. The number of carbonyl (C=O) groups excluding carboxylic acids is 1. The van der Waals surface area contributed by atoms with Crippen molar-refractivity contribution in [3.05, 3.63) is 36.5 Å². The Kier molecular flexibility index (Phi) is 2.58. The lowest BCUT2D eigenvalue weighted by atomic mass is 10.1. The van der Waals surface area contributed by atoms with Gasteiger partial charge in [0.2, 0.25) is 0 Å². The fourth-order valence-electron chi connectivity index (χ4n) is 1.83. The van der Waals surface area contributed by atoms with Crippen molar-refractivity contribution in [3.63, 3.8) is 0 Å². The van der Waals surface area contributed by atoms with E-state index < -0.39 is 0 Å². The zero-order chi connectivity index (χ0) is 10.8. The average Bonchev–Trinajstić information content (AvgIpc) is 2.70. The van der Waals surface area contributed by atoms with Crippen molar-refractivity contribution >= 4 is 17.2 Å². The number of nitrogens with zero attached hydrogens (tertiary/aromatic N) is 1. The lowest BCUT2D eigenvalue weighted by molar-refractivity contribution is -0.111. The molecule has 0 spiro atoms. The molecule has 1 aromatic heterocycles. The Morgan fingerprint density at radius 1 is 1.20 bits per heavy atom. The van der Waals surface area contributed by atoms with Crippen LogP contribution in [-0.2, 0) is 4.79 Å². The molecule has 2 nitrogen and oxygen atoms in total. The summed E-state index contributed by atoms with van der Waals surface area (Å²) < 4.78 is 2.16. The number of carbonyl (C=O) groups is 1. The number of aromatic nitrogens is 1. The topological polar surface area (TPSA) is 22.0 Å².